The zero-order chi connectivity index (χ0) is 20.6. The van der Waals surface area contributed by atoms with Crippen molar-refractivity contribution in [2.75, 3.05) is 13.7 Å². The Morgan fingerprint density at radius 1 is 1.25 bits per heavy atom. The first-order valence-corrected chi connectivity index (χ1v) is 10.2. The number of para-hydroxylation sites is 1. The minimum absolute atomic E-state index is 0.0128. The van der Waals surface area contributed by atoms with Crippen molar-refractivity contribution in [2.45, 2.75) is 32.4 Å². The van der Waals surface area contributed by atoms with E-state index in [2.05, 4.69) is 5.92 Å². The van der Waals surface area contributed by atoms with E-state index in [1.54, 1.807) is 7.11 Å². The van der Waals surface area contributed by atoms with Crippen LogP contribution in [0.3, 0.4) is 0 Å². The minimum Gasteiger partial charge on any atom is -0.496 e. The Kier molecular flexibility index (Phi) is 8.44. The Balaban J connectivity index is 0.000000221. The van der Waals surface area contributed by atoms with Crippen LogP contribution < -0.4 is 10.5 Å². The van der Waals surface area contributed by atoms with Gasteiger partial charge in [0.2, 0.25) is 0 Å². The molecule has 1 aliphatic rings. The van der Waals surface area contributed by atoms with E-state index in [9.17, 15) is 4.89 Å². The molecule has 1 fully saturated rings. The van der Waals surface area contributed by atoms with Gasteiger partial charge in [-0.2, -0.15) is 0 Å². The smallest absolute Gasteiger partial charge is 0.330 e. The molecular formula is C22H28NO4P. The summed E-state index contributed by atoms with van der Waals surface area (Å²) in [6, 6.07) is 17.6. The van der Waals surface area contributed by atoms with Crippen molar-refractivity contribution in [2.24, 2.45) is 11.1 Å². The molecule has 2 aromatic carbocycles. The largest absolute Gasteiger partial charge is 0.496 e. The number of hydrogen-bond donors (Lipinski definition) is 2. The quantitative estimate of drug-likeness (QED) is 0.572. The molecule has 5 nitrogen and oxygen atoms in total. The second-order valence-electron chi connectivity index (χ2n) is 7.15. The molecule has 0 aromatic heterocycles. The van der Waals surface area contributed by atoms with Crippen molar-refractivity contribution in [1.82, 2.24) is 0 Å². The molecule has 0 radical (unpaired) electrons. The van der Waals surface area contributed by atoms with Crippen molar-refractivity contribution in [1.29, 1.82) is 0 Å². The van der Waals surface area contributed by atoms with Crippen molar-refractivity contribution in [3.63, 3.8) is 0 Å². The number of ether oxygens (including phenoxy) is 1. The lowest BCUT2D eigenvalue weighted by Gasteiger charge is -2.39. The summed E-state index contributed by atoms with van der Waals surface area (Å²) in [7, 11) is -0.154. The summed E-state index contributed by atoms with van der Waals surface area (Å²) in [6.07, 6.45) is 5.52. The van der Waals surface area contributed by atoms with E-state index in [0.717, 1.165) is 16.9 Å². The third kappa shape index (κ3) is 6.04. The fraction of sp³-hybridized carbons (Fsp3) is 0.364. The van der Waals surface area contributed by atoms with Crippen LogP contribution in [-0.4, -0.2) is 18.6 Å². The predicted octanol–water partition coefficient (Wildman–Crippen LogP) is 4.74. The van der Waals surface area contributed by atoms with Gasteiger partial charge in [0.15, 0.2) is 0 Å². The second-order valence-corrected chi connectivity index (χ2v) is 8.10. The van der Waals surface area contributed by atoms with Crippen LogP contribution in [0, 0.1) is 17.8 Å². The van der Waals surface area contributed by atoms with Crippen LogP contribution in [0.2, 0.25) is 0 Å². The van der Waals surface area contributed by atoms with Gasteiger partial charge in [-0.25, -0.2) is 0 Å². The van der Waals surface area contributed by atoms with Gasteiger partial charge in [-0.15, -0.1) is 12.3 Å². The topological polar surface area (TPSA) is 73.9 Å². The summed E-state index contributed by atoms with van der Waals surface area (Å²) in [4.78, 5) is 9.52. The van der Waals surface area contributed by atoms with Gasteiger partial charge in [0.1, 0.15) is 11.9 Å². The van der Waals surface area contributed by atoms with Gasteiger partial charge in [0, 0.05) is 23.4 Å². The van der Waals surface area contributed by atoms with Crippen LogP contribution in [0.5, 0.6) is 5.75 Å². The SMILES string of the molecule is C#CC[C@@H](N)c1ccccc1.COc1ccccc1C1OP(O)OCC1(C)C. The minimum atomic E-state index is -1.79. The molecular weight excluding hydrogens is 373 g/mol. The molecule has 1 saturated heterocycles. The molecule has 1 heterocycles. The number of hydrogen-bond acceptors (Lipinski definition) is 5. The highest BCUT2D eigenvalue weighted by molar-refractivity contribution is 7.40. The molecule has 1 aliphatic heterocycles. The van der Waals surface area contributed by atoms with Crippen LogP contribution in [0.1, 0.15) is 43.5 Å². The Morgan fingerprint density at radius 3 is 2.54 bits per heavy atom. The molecule has 3 rings (SSSR count). The van der Waals surface area contributed by atoms with Crippen molar-refractivity contribution < 1.29 is 18.7 Å². The molecule has 2 unspecified atom stereocenters. The number of rotatable bonds is 4. The lowest BCUT2D eigenvalue weighted by Crippen LogP contribution is -2.32. The predicted molar refractivity (Wildman–Crippen MR) is 113 cm³/mol. The monoisotopic (exact) mass is 401 g/mol. The number of nitrogens with two attached hydrogens (primary N) is 1. The molecule has 6 heteroatoms. The van der Waals surface area contributed by atoms with Gasteiger partial charge in [-0.3, -0.25) is 0 Å². The van der Waals surface area contributed by atoms with Crippen molar-refractivity contribution in [3.05, 3.63) is 65.7 Å². The van der Waals surface area contributed by atoms with Gasteiger partial charge < -0.3 is 24.4 Å². The molecule has 28 heavy (non-hydrogen) atoms. The highest BCUT2D eigenvalue weighted by Crippen LogP contribution is 2.54. The van der Waals surface area contributed by atoms with E-state index < -0.39 is 8.60 Å². The summed E-state index contributed by atoms with van der Waals surface area (Å²) in [5, 5.41) is 0. The summed E-state index contributed by atoms with van der Waals surface area (Å²) >= 11 is 0. The zero-order valence-corrected chi connectivity index (χ0v) is 17.4. The van der Waals surface area contributed by atoms with Crippen LogP contribution in [0.25, 0.3) is 0 Å². The van der Waals surface area contributed by atoms with E-state index in [-0.39, 0.29) is 17.6 Å². The Hall–Kier alpha value is -1.93. The average molecular weight is 401 g/mol. The highest BCUT2D eigenvalue weighted by atomic mass is 31.2. The third-order valence-corrected chi connectivity index (χ3v) is 5.18. The first-order valence-electron chi connectivity index (χ1n) is 9.04. The maximum Gasteiger partial charge on any atom is 0.330 e. The lowest BCUT2D eigenvalue weighted by atomic mass is 9.83. The molecule has 0 amide bonds. The first-order chi connectivity index (χ1) is 13.4. The lowest BCUT2D eigenvalue weighted by molar-refractivity contribution is -0.0287. The van der Waals surface area contributed by atoms with Crippen LogP contribution >= 0.6 is 8.60 Å². The fourth-order valence-electron chi connectivity index (χ4n) is 2.87. The summed E-state index contributed by atoms with van der Waals surface area (Å²) in [5.41, 5.74) is 7.62. The summed E-state index contributed by atoms with van der Waals surface area (Å²) in [6.45, 7) is 4.57. The maximum absolute atomic E-state index is 9.52. The number of benzene rings is 2. The van der Waals surface area contributed by atoms with Crippen LogP contribution in [-0.2, 0) is 9.05 Å². The van der Waals surface area contributed by atoms with Gasteiger partial charge in [0.05, 0.1) is 13.7 Å². The Labute approximate surface area is 168 Å². The average Bonchev–Trinajstić information content (AvgIpc) is 2.71. The fourth-order valence-corrected chi connectivity index (χ4v) is 3.95. The molecule has 0 saturated carbocycles. The number of terminal acetylenes is 1. The summed E-state index contributed by atoms with van der Waals surface area (Å²) in [5.74, 6) is 3.31. The Bertz CT molecular complexity index is 776. The van der Waals surface area contributed by atoms with Gasteiger partial charge in [-0.05, 0) is 11.6 Å². The Morgan fingerprint density at radius 2 is 1.89 bits per heavy atom. The van der Waals surface area contributed by atoms with E-state index in [4.69, 9.17) is 25.9 Å². The molecule has 0 spiro atoms. The molecule has 150 valence electrons. The number of methoxy groups -OCH3 is 1. The third-order valence-electron chi connectivity index (χ3n) is 4.44. The van der Waals surface area contributed by atoms with Gasteiger partial charge >= 0.3 is 8.60 Å². The summed E-state index contributed by atoms with van der Waals surface area (Å²) < 4.78 is 16.1. The van der Waals surface area contributed by atoms with E-state index in [1.807, 2.05) is 68.4 Å². The van der Waals surface area contributed by atoms with Gasteiger partial charge in [0.25, 0.3) is 0 Å². The highest BCUT2D eigenvalue weighted by Gasteiger charge is 2.40. The second kappa shape index (κ2) is 10.6. The molecule has 0 bridgehead atoms. The first kappa shape index (κ1) is 22.4. The van der Waals surface area contributed by atoms with Crippen molar-refractivity contribution in [3.8, 4) is 18.1 Å². The molecule has 3 N–H and O–H groups in total. The molecule has 2 aromatic rings. The normalized spacial score (nSPS) is 21.6. The molecule has 0 aliphatic carbocycles. The standard InChI is InChI=1S/C12H17O4P.C10H11N/c1-12(2)8-15-17(13)16-11(12)9-6-4-5-7-10(9)14-3;1-2-6-10(11)9-7-4-3-5-8-9/h4-7,11,13H,8H2,1-3H3;1,3-5,7-8,10H,6,11H2/t;10-/m.1/s1. The van der Waals surface area contributed by atoms with Crippen LogP contribution in [0.4, 0.5) is 0 Å². The van der Waals surface area contributed by atoms with Crippen molar-refractivity contribution >= 4 is 8.60 Å². The van der Waals surface area contributed by atoms with E-state index >= 15 is 0 Å². The van der Waals surface area contributed by atoms with Crippen LogP contribution in [0.15, 0.2) is 54.6 Å². The van der Waals surface area contributed by atoms with E-state index in [0.29, 0.717) is 13.0 Å². The van der Waals surface area contributed by atoms with E-state index in [1.165, 1.54) is 0 Å². The van der Waals surface area contributed by atoms with Gasteiger partial charge in [-0.1, -0.05) is 62.4 Å². The zero-order valence-electron chi connectivity index (χ0n) is 16.5. The maximum atomic E-state index is 9.52. The molecule has 3 atom stereocenters.